The quantitative estimate of drug-likeness (QED) is 0.160. The molecule has 3 heterocycles. The first kappa shape index (κ1) is 31.8. The van der Waals surface area contributed by atoms with Crippen molar-refractivity contribution in [1.82, 2.24) is 9.13 Å². The Bertz CT molecular complexity index is 2200. The molecule has 46 heavy (non-hydrogen) atoms. The number of hydrogen-bond donors (Lipinski definition) is 0. The molecule has 8 nitrogen and oxygen atoms in total. The summed E-state index contributed by atoms with van der Waals surface area (Å²) in [4.78, 5) is 33.0. The molecule has 2 aromatic heterocycles. The van der Waals surface area contributed by atoms with Crippen LogP contribution in [-0.4, -0.2) is 35.4 Å². The van der Waals surface area contributed by atoms with E-state index in [2.05, 4.69) is 26.6 Å². The van der Waals surface area contributed by atoms with Gasteiger partial charge in [0.1, 0.15) is 0 Å². The van der Waals surface area contributed by atoms with Crippen molar-refractivity contribution in [3.05, 3.63) is 124 Å². The number of fused-ring (bicyclic) bond motifs is 2. The number of allylic oxidation sites excluding steroid dienone is 1. The second kappa shape index (κ2) is 13.3. The number of thiazole rings is 1. The summed E-state index contributed by atoms with van der Waals surface area (Å²) in [5.74, 6) is 0.483. The molecule has 0 bridgehead atoms. The standard InChI is InChI=1S/C35H31BrClN3O5S/c1-5-44-29-17-25(36)24(16-28(29)43-4)32-31(34(42)45-6-2)20(3)38-35-40(32)33(41)30(46-35)15-22-19-39(27-14-10-8-12-23(22)27)18-21-11-7-9-13-26(21)37/h7-17,19,32H,5-6,18H2,1-4H3/b30-15+/t32-/m1/s1. The van der Waals surface area contributed by atoms with Gasteiger partial charge in [0.15, 0.2) is 16.3 Å². The van der Waals surface area contributed by atoms with E-state index < -0.39 is 12.0 Å². The third-order valence-electron chi connectivity index (χ3n) is 7.80. The molecular formula is C35H31BrClN3O5S. The molecule has 0 aliphatic carbocycles. The van der Waals surface area contributed by atoms with Crippen molar-refractivity contribution in [2.24, 2.45) is 4.99 Å². The van der Waals surface area contributed by atoms with Gasteiger partial charge in [-0.3, -0.25) is 9.36 Å². The molecular weight excluding hydrogens is 690 g/mol. The summed E-state index contributed by atoms with van der Waals surface area (Å²) in [6, 6.07) is 18.6. The highest BCUT2D eigenvalue weighted by molar-refractivity contribution is 9.10. The van der Waals surface area contributed by atoms with E-state index >= 15 is 0 Å². The number of carbonyl (C=O) groups excluding carboxylic acids is 1. The van der Waals surface area contributed by atoms with Crippen LogP contribution in [0, 0.1) is 0 Å². The Morgan fingerprint density at radius 1 is 1.09 bits per heavy atom. The molecule has 236 valence electrons. The van der Waals surface area contributed by atoms with Gasteiger partial charge in [0.2, 0.25) is 0 Å². The predicted octanol–water partition coefficient (Wildman–Crippen LogP) is 6.62. The van der Waals surface area contributed by atoms with Gasteiger partial charge in [-0.1, -0.05) is 75.3 Å². The Morgan fingerprint density at radius 3 is 2.59 bits per heavy atom. The fourth-order valence-electron chi connectivity index (χ4n) is 5.75. The van der Waals surface area contributed by atoms with Crippen LogP contribution in [0.25, 0.3) is 17.0 Å². The molecule has 0 spiro atoms. The fraction of sp³-hybridized carbons (Fsp3) is 0.229. The van der Waals surface area contributed by atoms with Gasteiger partial charge in [0, 0.05) is 38.7 Å². The van der Waals surface area contributed by atoms with E-state index in [9.17, 15) is 9.59 Å². The van der Waals surface area contributed by atoms with E-state index in [4.69, 9.17) is 30.8 Å². The lowest BCUT2D eigenvalue weighted by atomic mass is 9.95. The number of rotatable bonds is 9. The largest absolute Gasteiger partial charge is 0.493 e. The van der Waals surface area contributed by atoms with Crippen molar-refractivity contribution in [2.75, 3.05) is 20.3 Å². The molecule has 0 amide bonds. The number of ether oxygens (including phenoxy) is 3. The molecule has 5 aromatic rings. The minimum absolute atomic E-state index is 0.179. The summed E-state index contributed by atoms with van der Waals surface area (Å²) in [6.45, 7) is 6.59. The molecule has 1 atom stereocenters. The third kappa shape index (κ3) is 5.81. The summed E-state index contributed by atoms with van der Waals surface area (Å²) in [5, 5.41) is 1.69. The van der Waals surface area contributed by atoms with Crippen LogP contribution in [0.2, 0.25) is 5.02 Å². The van der Waals surface area contributed by atoms with Gasteiger partial charge in [-0.05, 0) is 62.2 Å². The average Bonchev–Trinajstić information content (AvgIpc) is 3.54. The number of methoxy groups -OCH3 is 1. The fourth-order valence-corrected chi connectivity index (χ4v) is 7.52. The van der Waals surface area contributed by atoms with Gasteiger partial charge >= 0.3 is 5.97 Å². The maximum absolute atomic E-state index is 14.4. The van der Waals surface area contributed by atoms with Gasteiger partial charge in [-0.25, -0.2) is 9.79 Å². The SMILES string of the molecule is CCOC(=O)C1=C(C)N=c2s/c(=C/c3cn(Cc4ccccc4Cl)c4ccccc34)c(=O)n2[C@@H]1c1cc(OC)c(OCC)cc1Br. The highest BCUT2D eigenvalue weighted by atomic mass is 79.9. The van der Waals surface area contributed by atoms with Crippen LogP contribution in [0.15, 0.2) is 92.4 Å². The number of carbonyl (C=O) groups is 1. The zero-order valence-electron chi connectivity index (χ0n) is 25.7. The van der Waals surface area contributed by atoms with Crippen LogP contribution in [0.5, 0.6) is 11.5 Å². The lowest BCUT2D eigenvalue weighted by molar-refractivity contribution is -0.139. The van der Waals surface area contributed by atoms with E-state index in [0.717, 1.165) is 22.0 Å². The normalized spacial score (nSPS) is 14.7. The van der Waals surface area contributed by atoms with Gasteiger partial charge < -0.3 is 18.8 Å². The topological polar surface area (TPSA) is 84.1 Å². The second-order valence-corrected chi connectivity index (χ2v) is 12.9. The first-order chi connectivity index (χ1) is 22.2. The third-order valence-corrected chi connectivity index (χ3v) is 9.84. The summed E-state index contributed by atoms with van der Waals surface area (Å²) in [5.41, 5.74) is 4.03. The van der Waals surface area contributed by atoms with Crippen molar-refractivity contribution in [3.8, 4) is 11.5 Å². The predicted molar refractivity (Wildman–Crippen MR) is 185 cm³/mol. The number of aromatic nitrogens is 2. The van der Waals surface area contributed by atoms with Gasteiger partial charge in [-0.15, -0.1) is 0 Å². The molecule has 0 N–H and O–H groups in total. The van der Waals surface area contributed by atoms with Crippen LogP contribution < -0.4 is 24.4 Å². The molecule has 0 saturated carbocycles. The second-order valence-electron chi connectivity index (χ2n) is 10.6. The number of nitrogens with zero attached hydrogens (tertiary/aromatic N) is 3. The smallest absolute Gasteiger partial charge is 0.338 e. The molecule has 0 radical (unpaired) electrons. The average molecular weight is 721 g/mol. The van der Waals surface area contributed by atoms with Crippen molar-refractivity contribution >= 4 is 61.8 Å². The summed E-state index contributed by atoms with van der Waals surface area (Å²) >= 11 is 11.5. The first-order valence-electron chi connectivity index (χ1n) is 14.8. The molecule has 0 saturated heterocycles. The van der Waals surface area contributed by atoms with Crippen LogP contribution in [0.1, 0.15) is 43.5 Å². The zero-order chi connectivity index (χ0) is 32.5. The molecule has 6 rings (SSSR count). The molecule has 0 fully saturated rings. The Kier molecular flexibility index (Phi) is 9.22. The highest BCUT2D eigenvalue weighted by Crippen LogP contribution is 2.41. The van der Waals surface area contributed by atoms with E-state index in [1.807, 2.05) is 61.7 Å². The lowest BCUT2D eigenvalue weighted by Crippen LogP contribution is -2.40. The van der Waals surface area contributed by atoms with E-state index in [-0.39, 0.29) is 17.7 Å². The van der Waals surface area contributed by atoms with Crippen molar-refractivity contribution in [3.63, 3.8) is 0 Å². The minimum atomic E-state index is -0.821. The Labute approximate surface area is 282 Å². The van der Waals surface area contributed by atoms with Crippen LogP contribution >= 0.6 is 38.9 Å². The Morgan fingerprint density at radius 2 is 1.85 bits per heavy atom. The molecule has 0 unspecified atom stereocenters. The van der Waals surface area contributed by atoms with Crippen molar-refractivity contribution in [1.29, 1.82) is 0 Å². The number of hydrogen-bond acceptors (Lipinski definition) is 7. The van der Waals surface area contributed by atoms with E-state index in [1.54, 1.807) is 37.7 Å². The maximum Gasteiger partial charge on any atom is 0.338 e. The van der Waals surface area contributed by atoms with Crippen LogP contribution in [0.3, 0.4) is 0 Å². The number of para-hydroxylation sites is 1. The molecule has 11 heteroatoms. The Balaban J connectivity index is 1.55. The number of benzene rings is 3. The van der Waals surface area contributed by atoms with Crippen LogP contribution in [-0.2, 0) is 16.1 Å². The summed E-state index contributed by atoms with van der Waals surface area (Å²) in [6.07, 6.45) is 3.93. The number of halogens is 2. The zero-order valence-corrected chi connectivity index (χ0v) is 28.8. The molecule has 3 aromatic carbocycles. The minimum Gasteiger partial charge on any atom is -0.493 e. The van der Waals surface area contributed by atoms with Crippen molar-refractivity contribution < 1.29 is 19.0 Å². The van der Waals surface area contributed by atoms with E-state index in [0.29, 0.717) is 54.7 Å². The van der Waals surface area contributed by atoms with Gasteiger partial charge in [0.25, 0.3) is 5.56 Å². The summed E-state index contributed by atoms with van der Waals surface area (Å²) < 4.78 is 21.7. The van der Waals surface area contributed by atoms with Crippen LogP contribution in [0.4, 0.5) is 0 Å². The molecule has 1 aliphatic rings. The van der Waals surface area contributed by atoms with Gasteiger partial charge in [-0.2, -0.15) is 0 Å². The summed E-state index contributed by atoms with van der Waals surface area (Å²) in [7, 11) is 1.55. The number of esters is 1. The van der Waals surface area contributed by atoms with E-state index in [1.165, 1.54) is 11.3 Å². The Hall–Kier alpha value is -4.12. The highest BCUT2D eigenvalue weighted by Gasteiger charge is 2.35. The molecule has 1 aliphatic heterocycles. The lowest BCUT2D eigenvalue weighted by Gasteiger charge is -2.26. The monoisotopic (exact) mass is 719 g/mol. The first-order valence-corrected chi connectivity index (χ1v) is 16.8. The van der Waals surface area contributed by atoms with Gasteiger partial charge in [0.05, 0.1) is 42.2 Å². The van der Waals surface area contributed by atoms with Crippen molar-refractivity contribution in [2.45, 2.75) is 33.4 Å². The maximum atomic E-state index is 14.4.